The van der Waals surface area contributed by atoms with E-state index in [2.05, 4.69) is 15.3 Å². The van der Waals surface area contributed by atoms with Gasteiger partial charge in [0, 0.05) is 43.0 Å². The molecule has 0 aliphatic carbocycles. The van der Waals surface area contributed by atoms with Gasteiger partial charge in [-0.15, -0.1) is 0 Å². The fourth-order valence-electron chi connectivity index (χ4n) is 1.90. The van der Waals surface area contributed by atoms with E-state index in [0.717, 1.165) is 5.69 Å². The lowest BCUT2D eigenvalue weighted by molar-refractivity contribution is 0.191. The number of benzene rings is 1. The number of rotatable bonds is 5. The van der Waals surface area contributed by atoms with Gasteiger partial charge in [0.2, 0.25) is 5.95 Å². The third-order valence-electron chi connectivity index (χ3n) is 2.98. The van der Waals surface area contributed by atoms with Crippen LogP contribution in [0.4, 0.5) is 11.8 Å². The van der Waals surface area contributed by atoms with Gasteiger partial charge in [-0.3, -0.25) is 0 Å². The van der Waals surface area contributed by atoms with Gasteiger partial charge in [-0.05, 0) is 13.0 Å². The molecule has 0 saturated carbocycles. The van der Waals surface area contributed by atoms with Gasteiger partial charge < -0.3 is 15.3 Å². The molecule has 0 amide bonds. The number of hydrogen-bond acceptors (Lipinski definition) is 5. The molecule has 2 N–H and O–H groups in total. The van der Waals surface area contributed by atoms with Crippen LogP contribution in [0.5, 0.6) is 0 Å². The van der Waals surface area contributed by atoms with E-state index in [1.165, 1.54) is 0 Å². The molecule has 0 aliphatic rings. The van der Waals surface area contributed by atoms with E-state index in [-0.39, 0.29) is 0 Å². The summed E-state index contributed by atoms with van der Waals surface area (Å²) < 4.78 is 0. The summed E-state index contributed by atoms with van der Waals surface area (Å²) in [5, 5.41) is 13.9. The first-order chi connectivity index (χ1) is 9.97. The average molecular weight is 307 g/mol. The van der Waals surface area contributed by atoms with Crippen molar-refractivity contribution < 1.29 is 5.11 Å². The van der Waals surface area contributed by atoms with Crippen molar-refractivity contribution >= 4 is 23.4 Å². The average Bonchev–Trinajstić information content (AvgIpc) is 2.44. The molecule has 0 saturated heterocycles. The van der Waals surface area contributed by atoms with Crippen LogP contribution in [0, 0.1) is 6.92 Å². The second-order valence-corrected chi connectivity index (χ2v) is 5.41. The summed E-state index contributed by atoms with van der Waals surface area (Å²) in [6, 6.07) is 9.10. The summed E-state index contributed by atoms with van der Waals surface area (Å²) in [6.07, 6.45) is -0.697. The second-order valence-electron chi connectivity index (χ2n) is 5.01. The van der Waals surface area contributed by atoms with Crippen molar-refractivity contribution in [2.24, 2.45) is 0 Å². The molecule has 1 aromatic carbocycles. The molecule has 1 atom stereocenters. The van der Waals surface area contributed by atoms with E-state index in [9.17, 15) is 5.11 Å². The molecule has 6 heteroatoms. The number of aliphatic hydroxyl groups excluding tert-OH is 1. The third kappa shape index (κ3) is 4.06. The molecule has 0 unspecified atom stereocenters. The summed E-state index contributed by atoms with van der Waals surface area (Å²) in [5.74, 6) is 1.31. The van der Waals surface area contributed by atoms with Crippen molar-refractivity contribution in [3.63, 3.8) is 0 Å². The zero-order chi connectivity index (χ0) is 15.4. The molecule has 0 bridgehead atoms. The van der Waals surface area contributed by atoms with Crippen molar-refractivity contribution in [2.45, 2.75) is 13.0 Å². The second kappa shape index (κ2) is 6.74. The summed E-state index contributed by atoms with van der Waals surface area (Å²) in [5.41, 5.74) is 1.56. The number of aryl methyl sites for hydroxylation is 1. The van der Waals surface area contributed by atoms with Crippen LogP contribution in [-0.2, 0) is 0 Å². The number of aliphatic hydroxyl groups is 1. The summed E-state index contributed by atoms with van der Waals surface area (Å²) in [7, 11) is 3.77. The van der Waals surface area contributed by atoms with E-state index in [1.54, 1.807) is 6.07 Å². The zero-order valence-electron chi connectivity index (χ0n) is 12.3. The highest BCUT2D eigenvalue weighted by Crippen LogP contribution is 2.23. The maximum Gasteiger partial charge on any atom is 0.226 e. The molecular formula is C15H19ClN4O. The minimum absolute atomic E-state index is 0.326. The van der Waals surface area contributed by atoms with Crippen LogP contribution >= 0.6 is 11.6 Å². The van der Waals surface area contributed by atoms with E-state index >= 15 is 0 Å². The molecule has 1 heterocycles. The quantitative estimate of drug-likeness (QED) is 0.889. The highest BCUT2D eigenvalue weighted by atomic mass is 35.5. The smallest absolute Gasteiger partial charge is 0.226 e. The minimum Gasteiger partial charge on any atom is -0.387 e. The van der Waals surface area contributed by atoms with Crippen molar-refractivity contribution in [2.75, 3.05) is 30.9 Å². The summed E-state index contributed by atoms with van der Waals surface area (Å²) in [6.45, 7) is 2.23. The van der Waals surface area contributed by atoms with Gasteiger partial charge in [0.1, 0.15) is 5.82 Å². The molecular weight excluding hydrogens is 288 g/mol. The Bertz CT molecular complexity index is 618. The number of anilines is 2. The molecule has 0 radical (unpaired) electrons. The lowest BCUT2D eigenvalue weighted by Crippen LogP contribution is -2.17. The number of nitrogens with one attached hydrogen (secondary N) is 1. The largest absolute Gasteiger partial charge is 0.387 e. The van der Waals surface area contributed by atoms with Crippen molar-refractivity contribution in [1.82, 2.24) is 9.97 Å². The lowest BCUT2D eigenvalue weighted by Gasteiger charge is -2.16. The van der Waals surface area contributed by atoms with E-state index in [1.807, 2.05) is 50.2 Å². The Morgan fingerprint density at radius 2 is 2.00 bits per heavy atom. The molecule has 0 fully saturated rings. The van der Waals surface area contributed by atoms with Gasteiger partial charge in [-0.1, -0.05) is 29.8 Å². The first kappa shape index (κ1) is 15.5. The fourth-order valence-corrected chi connectivity index (χ4v) is 2.16. The first-order valence-corrected chi connectivity index (χ1v) is 7.04. The van der Waals surface area contributed by atoms with Crippen LogP contribution in [0.25, 0.3) is 0 Å². The molecule has 0 aliphatic heterocycles. The topological polar surface area (TPSA) is 61.3 Å². The Morgan fingerprint density at radius 3 is 2.67 bits per heavy atom. The van der Waals surface area contributed by atoms with Gasteiger partial charge in [-0.2, -0.15) is 4.98 Å². The fraction of sp³-hybridized carbons (Fsp3) is 0.333. The van der Waals surface area contributed by atoms with Gasteiger partial charge in [-0.25, -0.2) is 4.98 Å². The number of halogens is 1. The summed E-state index contributed by atoms with van der Waals surface area (Å²) in [4.78, 5) is 10.5. The highest BCUT2D eigenvalue weighted by Gasteiger charge is 2.11. The number of aromatic nitrogens is 2. The molecule has 21 heavy (non-hydrogen) atoms. The van der Waals surface area contributed by atoms with Gasteiger partial charge in [0.05, 0.1) is 6.10 Å². The molecule has 2 aromatic rings. The van der Waals surface area contributed by atoms with Crippen LogP contribution in [-0.4, -0.2) is 35.7 Å². The van der Waals surface area contributed by atoms with Crippen molar-refractivity contribution in [3.8, 4) is 0 Å². The van der Waals surface area contributed by atoms with E-state index < -0.39 is 6.10 Å². The Labute approximate surface area is 129 Å². The van der Waals surface area contributed by atoms with Crippen molar-refractivity contribution in [1.29, 1.82) is 0 Å². The predicted molar refractivity (Wildman–Crippen MR) is 86.0 cm³/mol. The number of nitrogens with zero attached hydrogens (tertiary/aromatic N) is 3. The lowest BCUT2D eigenvalue weighted by atomic mass is 10.1. The molecule has 0 spiro atoms. The highest BCUT2D eigenvalue weighted by molar-refractivity contribution is 6.31. The standard InChI is InChI=1S/C15H19ClN4O/c1-10-8-14(19-15(18-10)20(2)3)17-9-13(21)11-6-4-5-7-12(11)16/h4-8,13,21H,9H2,1-3H3,(H,17,18,19)/t13-/m0/s1. The monoisotopic (exact) mass is 306 g/mol. The number of hydrogen-bond donors (Lipinski definition) is 2. The third-order valence-corrected chi connectivity index (χ3v) is 3.33. The first-order valence-electron chi connectivity index (χ1n) is 6.66. The Hall–Kier alpha value is -1.85. The van der Waals surface area contributed by atoms with Crippen LogP contribution in [0.1, 0.15) is 17.4 Å². The predicted octanol–water partition coefficient (Wildman–Crippen LogP) is 2.65. The van der Waals surface area contributed by atoms with Crippen LogP contribution in [0.2, 0.25) is 5.02 Å². The Balaban J connectivity index is 2.08. The van der Waals surface area contributed by atoms with Gasteiger partial charge in [0.15, 0.2) is 0 Å². The minimum atomic E-state index is -0.697. The maximum absolute atomic E-state index is 10.2. The normalized spacial score (nSPS) is 12.0. The zero-order valence-corrected chi connectivity index (χ0v) is 13.1. The molecule has 5 nitrogen and oxygen atoms in total. The molecule has 1 aromatic heterocycles. The van der Waals surface area contributed by atoms with E-state index in [4.69, 9.17) is 11.6 Å². The van der Waals surface area contributed by atoms with Crippen LogP contribution < -0.4 is 10.2 Å². The van der Waals surface area contributed by atoms with Crippen LogP contribution in [0.15, 0.2) is 30.3 Å². The van der Waals surface area contributed by atoms with Gasteiger partial charge in [0.25, 0.3) is 0 Å². The van der Waals surface area contributed by atoms with Crippen molar-refractivity contribution in [3.05, 3.63) is 46.6 Å². The Morgan fingerprint density at radius 1 is 1.29 bits per heavy atom. The van der Waals surface area contributed by atoms with Gasteiger partial charge >= 0.3 is 0 Å². The Kier molecular flexibility index (Phi) is 4.98. The molecule has 112 valence electrons. The summed E-state index contributed by atoms with van der Waals surface area (Å²) >= 11 is 6.07. The van der Waals surface area contributed by atoms with Crippen LogP contribution in [0.3, 0.4) is 0 Å². The molecule has 2 rings (SSSR count). The maximum atomic E-state index is 10.2. The SMILES string of the molecule is Cc1cc(NC[C@H](O)c2ccccc2Cl)nc(N(C)C)n1. The van der Waals surface area contributed by atoms with E-state index in [0.29, 0.717) is 28.9 Å².